The van der Waals surface area contributed by atoms with Gasteiger partial charge < -0.3 is 4.57 Å². The van der Waals surface area contributed by atoms with Crippen LogP contribution in [0.5, 0.6) is 0 Å². The number of para-hydroxylation sites is 1. The van der Waals surface area contributed by atoms with Gasteiger partial charge in [-0.2, -0.15) is 0 Å². The van der Waals surface area contributed by atoms with Crippen LogP contribution in [0.15, 0.2) is 64.6 Å². The van der Waals surface area contributed by atoms with Crippen LogP contribution in [0.25, 0.3) is 11.8 Å². The highest BCUT2D eigenvalue weighted by Gasteiger charge is 2.37. The molecule has 1 N–H and O–H groups in total. The Labute approximate surface area is 192 Å². The minimum absolute atomic E-state index is 0.145. The summed E-state index contributed by atoms with van der Waals surface area (Å²) in [5.41, 5.74) is 3.53. The number of anilines is 1. The molecule has 6 nitrogen and oxygen atoms in total. The van der Waals surface area contributed by atoms with Crippen LogP contribution in [-0.4, -0.2) is 22.4 Å². The van der Waals surface area contributed by atoms with E-state index < -0.39 is 17.8 Å². The molecule has 31 heavy (non-hydrogen) atoms. The SMILES string of the molecule is Cc1c(Br)c(/C=C2\C(=O)NC(=O)N(c3cccc(Cl)c3)C2=O)c(C)n1-c1ccccc1. The molecule has 1 fully saturated rings. The second-order valence-corrected chi connectivity index (χ2v) is 8.24. The summed E-state index contributed by atoms with van der Waals surface area (Å²) in [7, 11) is 0. The van der Waals surface area contributed by atoms with Crippen molar-refractivity contribution in [3.05, 3.63) is 86.6 Å². The fraction of sp³-hybridized carbons (Fsp3) is 0.0870. The quantitative estimate of drug-likeness (QED) is 0.400. The van der Waals surface area contributed by atoms with E-state index in [4.69, 9.17) is 11.6 Å². The monoisotopic (exact) mass is 497 g/mol. The van der Waals surface area contributed by atoms with Crippen LogP contribution >= 0.6 is 27.5 Å². The van der Waals surface area contributed by atoms with Crippen molar-refractivity contribution in [3.8, 4) is 5.69 Å². The summed E-state index contributed by atoms with van der Waals surface area (Å²) in [6, 6.07) is 15.3. The Hall–Kier alpha value is -3.16. The van der Waals surface area contributed by atoms with E-state index in [0.29, 0.717) is 10.6 Å². The zero-order valence-corrected chi connectivity index (χ0v) is 19.0. The fourth-order valence-corrected chi connectivity index (χ4v) is 4.37. The second kappa shape index (κ2) is 8.17. The Morgan fingerprint density at radius 1 is 0.935 bits per heavy atom. The lowest BCUT2D eigenvalue weighted by molar-refractivity contribution is -0.122. The number of imide groups is 2. The van der Waals surface area contributed by atoms with Crippen molar-refractivity contribution in [3.63, 3.8) is 0 Å². The van der Waals surface area contributed by atoms with Crippen molar-refractivity contribution in [2.45, 2.75) is 13.8 Å². The van der Waals surface area contributed by atoms with Crippen molar-refractivity contribution in [2.24, 2.45) is 0 Å². The van der Waals surface area contributed by atoms with Gasteiger partial charge >= 0.3 is 6.03 Å². The molecule has 1 saturated heterocycles. The van der Waals surface area contributed by atoms with Gasteiger partial charge in [-0.15, -0.1) is 0 Å². The molecule has 4 rings (SSSR count). The molecule has 8 heteroatoms. The minimum atomic E-state index is -0.816. The molecule has 4 amide bonds. The number of barbiturate groups is 1. The van der Waals surface area contributed by atoms with Crippen LogP contribution < -0.4 is 10.2 Å². The van der Waals surface area contributed by atoms with Gasteiger partial charge in [0.05, 0.1) is 5.69 Å². The molecule has 156 valence electrons. The summed E-state index contributed by atoms with van der Waals surface area (Å²) in [4.78, 5) is 39.0. The summed E-state index contributed by atoms with van der Waals surface area (Å²) in [5.74, 6) is -1.46. The van der Waals surface area contributed by atoms with Crippen molar-refractivity contribution >= 4 is 57.1 Å². The summed E-state index contributed by atoms with van der Waals surface area (Å²) >= 11 is 9.60. The highest BCUT2D eigenvalue weighted by molar-refractivity contribution is 9.10. The number of carbonyl (C=O) groups is 3. The predicted molar refractivity (Wildman–Crippen MR) is 123 cm³/mol. The maximum Gasteiger partial charge on any atom is 0.335 e. The number of nitrogens with one attached hydrogen (secondary N) is 1. The van der Waals surface area contributed by atoms with E-state index in [-0.39, 0.29) is 11.3 Å². The van der Waals surface area contributed by atoms with Crippen LogP contribution in [0.3, 0.4) is 0 Å². The molecule has 3 aromatic rings. The third kappa shape index (κ3) is 3.71. The van der Waals surface area contributed by atoms with Gasteiger partial charge in [0.15, 0.2) is 0 Å². The second-order valence-electron chi connectivity index (χ2n) is 7.01. The topological polar surface area (TPSA) is 71.4 Å². The summed E-state index contributed by atoms with van der Waals surface area (Å²) < 4.78 is 2.79. The van der Waals surface area contributed by atoms with Crippen LogP contribution in [0.1, 0.15) is 17.0 Å². The van der Waals surface area contributed by atoms with Gasteiger partial charge in [-0.25, -0.2) is 9.69 Å². The summed E-state index contributed by atoms with van der Waals surface area (Å²) in [6.07, 6.45) is 1.51. The van der Waals surface area contributed by atoms with E-state index in [9.17, 15) is 14.4 Å². The molecular formula is C23H17BrClN3O3. The van der Waals surface area contributed by atoms with Gasteiger partial charge in [0.2, 0.25) is 0 Å². The highest BCUT2D eigenvalue weighted by atomic mass is 79.9. The van der Waals surface area contributed by atoms with E-state index in [0.717, 1.165) is 26.4 Å². The number of nitrogens with zero attached hydrogens (tertiary/aromatic N) is 2. The molecule has 0 saturated carbocycles. The van der Waals surface area contributed by atoms with Crippen molar-refractivity contribution < 1.29 is 14.4 Å². The van der Waals surface area contributed by atoms with E-state index in [1.807, 2.05) is 48.7 Å². The standard InChI is InChI=1S/C23H17BrClN3O3/c1-13-18(20(24)14(2)27(13)16-8-4-3-5-9-16)12-19-21(29)26-23(31)28(22(19)30)17-10-6-7-15(25)11-17/h3-12H,1-2H3,(H,26,29,31)/b19-12+. The van der Waals surface area contributed by atoms with Gasteiger partial charge in [-0.05, 0) is 66.2 Å². The Morgan fingerprint density at radius 2 is 1.61 bits per heavy atom. The smallest absolute Gasteiger partial charge is 0.317 e. The Morgan fingerprint density at radius 3 is 2.29 bits per heavy atom. The number of carbonyl (C=O) groups excluding carboxylic acids is 3. The third-order valence-electron chi connectivity index (χ3n) is 5.09. The molecule has 0 bridgehead atoms. The number of hydrogen-bond donors (Lipinski definition) is 1. The summed E-state index contributed by atoms with van der Waals surface area (Å²) in [6.45, 7) is 3.85. The molecule has 2 aromatic carbocycles. The van der Waals surface area contributed by atoms with Crippen molar-refractivity contribution in [2.75, 3.05) is 4.90 Å². The minimum Gasteiger partial charge on any atom is -0.317 e. The van der Waals surface area contributed by atoms with Gasteiger partial charge in [-0.1, -0.05) is 35.9 Å². The fourth-order valence-electron chi connectivity index (χ4n) is 3.61. The van der Waals surface area contributed by atoms with Crippen LogP contribution in [0.4, 0.5) is 10.5 Å². The number of hydrogen-bond acceptors (Lipinski definition) is 3. The van der Waals surface area contributed by atoms with Gasteiger partial charge in [-0.3, -0.25) is 14.9 Å². The van der Waals surface area contributed by atoms with Crippen LogP contribution in [-0.2, 0) is 9.59 Å². The van der Waals surface area contributed by atoms with E-state index in [1.54, 1.807) is 18.2 Å². The lowest BCUT2D eigenvalue weighted by Gasteiger charge is -2.26. The number of rotatable bonds is 3. The number of urea groups is 1. The maximum atomic E-state index is 13.2. The third-order valence-corrected chi connectivity index (χ3v) is 6.32. The average molecular weight is 499 g/mol. The van der Waals surface area contributed by atoms with Gasteiger partial charge in [0.25, 0.3) is 11.8 Å². The number of amides is 4. The molecule has 1 aliphatic heterocycles. The molecule has 0 atom stereocenters. The Bertz CT molecular complexity index is 1260. The largest absolute Gasteiger partial charge is 0.335 e. The molecule has 0 radical (unpaired) electrons. The van der Waals surface area contributed by atoms with Crippen LogP contribution in [0.2, 0.25) is 5.02 Å². The van der Waals surface area contributed by atoms with E-state index in [2.05, 4.69) is 21.2 Å². The molecular weight excluding hydrogens is 482 g/mol. The zero-order chi connectivity index (χ0) is 22.3. The molecule has 1 aromatic heterocycles. The maximum absolute atomic E-state index is 13.2. The number of aromatic nitrogens is 1. The van der Waals surface area contributed by atoms with Crippen molar-refractivity contribution in [1.82, 2.24) is 9.88 Å². The molecule has 0 aliphatic carbocycles. The number of halogens is 2. The predicted octanol–water partition coefficient (Wildman–Crippen LogP) is 5.18. The molecule has 0 unspecified atom stereocenters. The zero-order valence-electron chi connectivity index (χ0n) is 16.6. The first-order chi connectivity index (χ1) is 14.8. The Balaban J connectivity index is 1.82. The first-order valence-electron chi connectivity index (χ1n) is 9.39. The lowest BCUT2D eigenvalue weighted by Crippen LogP contribution is -2.54. The average Bonchev–Trinajstić information content (AvgIpc) is 2.94. The summed E-state index contributed by atoms with van der Waals surface area (Å²) in [5, 5.41) is 2.60. The lowest BCUT2D eigenvalue weighted by atomic mass is 10.1. The van der Waals surface area contributed by atoms with Gasteiger partial charge in [0, 0.05) is 32.1 Å². The Kier molecular flexibility index (Phi) is 5.56. The molecule has 1 aliphatic rings. The van der Waals surface area contributed by atoms with Crippen LogP contribution in [0, 0.1) is 13.8 Å². The molecule has 0 spiro atoms. The van der Waals surface area contributed by atoms with E-state index in [1.165, 1.54) is 12.1 Å². The highest BCUT2D eigenvalue weighted by Crippen LogP contribution is 2.33. The first-order valence-corrected chi connectivity index (χ1v) is 10.6. The van der Waals surface area contributed by atoms with Gasteiger partial charge in [0.1, 0.15) is 5.57 Å². The first kappa shape index (κ1) is 21.1. The van der Waals surface area contributed by atoms with E-state index >= 15 is 0 Å². The van der Waals surface area contributed by atoms with Crippen molar-refractivity contribution in [1.29, 1.82) is 0 Å². The molecule has 2 heterocycles. The normalized spacial score (nSPS) is 15.5. The number of benzene rings is 2.